The number of carbonyl (C=O) groups excluding carboxylic acids is 3. The largest absolute Gasteiger partial charge is 0.493 e. The fourth-order valence-corrected chi connectivity index (χ4v) is 2.90. The van der Waals surface area contributed by atoms with Gasteiger partial charge >= 0.3 is 5.97 Å². The third-order valence-electron chi connectivity index (χ3n) is 3.17. The minimum absolute atomic E-state index is 0.191. The van der Waals surface area contributed by atoms with E-state index in [0.29, 0.717) is 17.1 Å². The minimum Gasteiger partial charge on any atom is -0.493 e. The highest BCUT2D eigenvalue weighted by molar-refractivity contribution is 8.18. The molecule has 0 unspecified atom stereocenters. The van der Waals surface area contributed by atoms with Gasteiger partial charge in [-0.25, -0.2) is 0 Å². The van der Waals surface area contributed by atoms with Crippen LogP contribution in [0, 0.1) is 0 Å². The number of imide groups is 1. The van der Waals surface area contributed by atoms with Crippen LogP contribution in [0.2, 0.25) is 0 Å². The predicted octanol–water partition coefficient (Wildman–Crippen LogP) is 2.30. The van der Waals surface area contributed by atoms with E-state index in [2.05, 4.69) is 0 Å². The molecule has 8 heteroatoms. The van der Waals surface area contributed by atoms with E-state index in [0.717, 1.165) is 16.7 Å². The van der Waals surface area contributed by atoms with Crippen LogP contribution in [0.15, 0.2) is 23.1 Å². The molecule has 0 aromatic heterocycles. The second-order valence-electron chi connectivity index (χ2n) is 4.69. The second kappa shape index (κ2) is 7.87. The predicted molar refractivity (Wildman–Crippen MR) is 88.9 cm³/mol. The van der Waals surface area contributed by atoms with Gasteiger partial charge in [0.15, 0.2) is 11.5 Å². The van der Waals surface area contributed by atoms with E-state index in [-0.39, 0.29) is 18.1 Å². The van der Waals surface area contributed by atoms with Crippen LogP contribution in [0.25, 0.3) is 6.08 Å². The van der Waals surface area contributed by atoms with Crippen LogP contribution >= 0.6 is 11.8 Å². The van der Waals surface area contributed by atoms with Crippen molar-refractivity contribution in [2.45, 2.75) is 6.92 Å². The summed E-state index contributed by atoms with van der Waals surface area (Å²) in [5.74, 6) is -0.0675. The van der Waals surface area contributed by atoms with E-state index >= 15 is 0 Å². The molecule has 1 aromatic rings. The number of hydrogen-bond donors (Lipinski definition) is 0. The van der Waals surface area contributed by atoms with Crippen molar-refractivity contribution >= 4 is 35.0 Å². The number of ether oxygens (including phenoxy) is 3. The highest BCUT2D eigenvalue weighted by Gasteiger charge is 2.36. The SMILES string of the molecule is CCOC(=O)CN1C(=O)S/C(=C\c2ccc(OC)c(OC)c2)C1=O. The van der Waals surface area contributed by atoms with Crippen LogP contribution in [-0.4, -0.2) is 49.4 Å². The molecule has 0 atom stereocenters. The maximum atomic E-state index is 12.3. The van der Waals surface area contributed by atoms with Crippen molar-refractivity contribution < 1.29 is 28.6 Å². The van der Waals surface area contributed by atoms with Gasteiger partial charge in [-0.1, -0.05) is 6.07 Å². The molecule has 0 radical (unpaired) electrons. The lowest BCUT2D eigenvalue weighted by molar-refractivity contribution is -0.145. The molecule has 1 aliphatic heterocycles. The summed E-state index contributed by atoms with van der Waals surface area (Å²) in [7, 11) is 3.03. The average molecular weight is 351 g/mol. The zero-order chi connectivity index (χ0) is 17.7. The highest BCUT2D eigenvalue weighted by atomic mass is 32.2. The molecule has 0 bridgehead atoms. The molecule has 1 saturated heterocycles. The average Bonchev–Trinajstić information content (AvgIpc) is 2.82. The van der Waals surface area contributed by atoms with Crippen molar-refractivity contribution in [2.24, 2.45) is 0 Å². The molecule has 7 nitrogen and oxygen atoms in total. The molecule has 0 N–H and O–H groups in total. The van der Waals surface area contributed by atoms with Crippen molar-refractivity contribution in [2.75, 3.05) is 27.4 Å². The van der Waals surface area contributed by atoms with Gasteiger partial charge < -0.3 is 14.2 Å². The Hall–Kier alpha value is -2.48. The Morgan fingerprint density at radius 1 is 1.21 bits per heavy atom. The fourth-order valence-electron chi connectivity index (χ4n) is 2.07. The monoisotopic (exact) mass is 351 g/mol. The van der Waals surface area contributed by atoms with E-state index < -0.39 is 17.1 Å². The lowest BCUT2D eigenvalue weighted by atomic mass is 10.2. The summed E-state index contributed by atoms with van der Waals surface area (Å²) in [5.41, 5.74) is 0.675. The molecule has 1 heterocycles. The molecule has 1 fully saturated rings. The Morgan fingerprint density at radius 2 is 1.92 bits per heavy atom. The minimum atomic E-state index is -0.618. The van der Waals surface area contributed by atoms with Gasteiger partial charge in [-0.3, -0.25) is 19.3 Å². The first-order valence-electron chi connectivity index (χ1n) is 7.13. The van der Waals surface area contributed by atoms with Crippen LogP contribution in [0.4, 0.5) is 4.79 Å². The van der Waals surface area contributed by atoms with E-state index in [1.54, 1.807) is 31.2 Å². The van der Waals surface area contributed by atoms with Crippen molar-refractivity contribution in [3.63, 3.8) is 0 Å². The van der Waals surface area contributed by atoms with E-state index in [4.69, 9.17) is 14.2 Å². The molecule has 1 aliphatic rings. The van der Waals surface area contributed by atoms with Gasteiger partial charge in [-0.15, -0.1) is 0 Å². The fraction of sp³-hybridized carbons (Fsp3) is 0.312. The Kier molecular flexibility index (Phi) is 5.86. The molecule has 1 aromatic carbocycles. The Balaban J connectivity index is 2.21. The van der Waals surface area contributed by atoms with Crippen LogP contribution in [0.1, 0.15) is 12.5 Å². The number of esters is 1. The standard InChI is InChI=1S/C16H17NO6S/c1-4-23-14(18)9-17-15(19)13(24-16(17)20)8-10-5-6-11(21-2)12(7-10)22-3/h5-8H,4,9H2,1-3H3/b13-8-. The molecular weight excluding hydrogens is 334 g/mol. The Morgan fingerprint density at radius 3 is 2.54 bits per heavy atom. The summed E-state index contributed by atoms with van der Waals surface area (Å²) in [6.07, 6.45) is 1.57. The summed E-state index contributed by atoms with van der Waals surface area (Å²) < 4.78 is 15.1. The Labute approximate surface area is 143 Å². The topological polar surface area (TPSA) is 82.1 Å². The van der Waals surface area contributed by atoms with Gasteiger partial charge in [0.2, 0.25) is 0 Å². The van der Waals surface area contributed by atoms with Crippen molar-refractivity contribution in [1.29, 1.82) is 0 Å². The number of benzene rings is 1. The van der Waals surface area contributed by atoms with Gasteiger partial charge in [0.25, 0.3) is 11.1 Å². The van der Waals surface area contributed by atoms with E-state index in [1.165, 1.54) is 14.2 Å². The molecule has 0 aliphatic carbocycles. The van der Waals surface area contributed by atoms with Crippen LogP contribution in [0.3, 0.4) is 0 Å². The van der Waals surface area contributed by atoms with Crippen LogP contribution in [-0.2, 0) is 14.3 Å². The van der Waals surface area contributed by atoms with Crippen molar-refractivity contribution in [1.82, 2.24) is 4.90 Å². The maximum absolute atomic E-state index is 12.3. The molecule has 0 saturated carbocycles. The van der Waals surface area contributed by atoms with Crippen molar-refractivity contribution in [3.8, 4) is 11.5 Å². The number of thioether (sulfide) groups is 1. The van der Waals surface area contributed by atoms with E-state index in [9.17, 15) is 14.4 Å². The normalized spacial score (nSPS) is 15.8. The summed E-state index contributed by atoms with van der Waals surface area (Å²) >= 11 is 0.779. The lowest BCUT2D eigenvalue weighted by Crippen LogP contribution is -2.34. The summed E-state index contributed by atoms with van der Waals surface area (Å²) in [5, 5.41) is -0.500. The Bertz CT molecular complexity index is 700. The molecule has 2 rings (SSSR count). The maximum Gasteiger partial charge on any atom is 0.326 e. The smallest absolute Gasteiger partial charge is 0.326 e. The summed E-state index contributed by atoms with van der Waals surface area (Å²) in [4.78, 5) is 36.8. The van der Waals surface area contributed by atoms with Gasteiger partial charge in [0.05, 0.1) is 25.7 Å². The third-order valence-corrected chi connectivity index (χ3v) is 4.08. The highest BCUT2D eigenvalue weighted by Crippen LogP contribution is 2.34. The van der Waals surface area contributed by atoms with Gasteiger partial charge in [0, 0.05) is 0 Å². The summed E-state index contributed by atoms with van der Waals surface area (Å²) in [6, 6.07) is 5.13. The third kappa shape index (κ3) is 3.88. The molecular formula is C16H17NO6S. The number of nitrogens with zero attached hydrogens (tertiary/aromatic N) is 1. The van der Waals surface area contributed by atoms with Crippen LogP contribution in [0.5, 0.6) is 11.5 Å². The number of carbonyl (C=O) groups is 3. The molecule has 2 amide bonds. The number of amides is 2. The quantitative estimate of drug-likeness (QED) is 0.574. The lowest BCUT2D eigenvalue weighted by Gasteiger charge is -2.10. The first kappa shape index (κ1) is 17.9. The number of rotatable bonds is 6. The first-order chi connectivity index (χ1) is 11.5. The van der Waals surface area contributed by atoms with Gasteiger partial charge in [-0.2, -0.15) is 0 Å². The molecule has 24 heavy (non-hydrogen) atoms. The number of hydrogen-bond acceptors (Lipinski definition) is 7. The van der Waals surface area contributed by atoms with Gasteiger partial charge in [0.1, 0.15) is 6.54 Å². The molecule has 128 valence electrons. The zero-order valence-electron chi connectivity index (χ0n) is 13.5. The van der Waals surface area contributed by atoms with E-state index in [1.807, 2.05) is 0 Å². The zero-order valence-corrected chi connectivity index (χ0v) is 14.3. The van der Waals surface area contributed by atoms with Crippen molar-refractivity contribution in [3.05, 3.63) is 28.7 Å². The second-order valence-corrected chi connectivity index (χ2v) is 5.68. The summed E-state index contributed by atoms with van der Waals surface area (Å²) in [6.45, 7) is 1.46. The molecule has 0 spiro atoms. The number of methoxy groups -OCH3 is 2. The first-order valence-corrected chi connectivity index (χ1v) is 7.94. The van der Waals surface area contributed by atoms with Gasteiger partial charge in [-0.05, 0) is 42.5 Å². The van der Waals surface area contributed by atoms with Crippen LogP contribution < -0.4 is 9.47 Å².